The maximum atomic E-state index is 12.0. The van der Waals surface area contributed by atoms with Crippen LogP contribution in [0.3, 0.4) is 0 Å². The minimum absolute atomic E-state index is 0.0221. The van der Waals surface area contributed by atoms with Gasteiger partial charge in [-0.05, 0) is 39.9 Å². The second kappa shape index (κ2) is 7.21. The SMILES string of the molecule is CC(C)N(C)CCCNS(=O)(=O)c1cnc(N)c(Cl)c1. The maximum absolute atomic E-state index is 12.0. The van der Waals surface area contributed by atoms with Crippen molar-refractivity contribution < 1.29 is 8.42 Å². The van der Waals surface area contributed by atoms with Crippen molar-refractivity contribution >= 4 is 27.4 Å². The summed E-state index contributed by atoms with van der Waals surface area (Å²) in [5.41, 5.74) is 5.45. The van der Waals surface area contributed by atoms with E-state index < -0.39 is 10.0 Å². The van der Waals surface area contributed by atoms with Crippen molar-refractivity contribution in [3.63, 3.8) is 0 Å². The third-order valence-electron chi connectivity index (χ3n) is 3.02. The molecule has 1 aromatic heterocycles. The molecular weight excluding hydrogens is 300 g/mol. The molecule has 0 aromatic carbocycles. The summed E-state index contributed by atoms with van der Waals surface area (Å²) in [6.07, 6.45) is 1.92. The lowest BCUT2D eigenvalue weighted by molar-refractivity contribution is 0.271. The third-order valence-corrected chi connectivity index (χ3v) is 4.75. The number of hydrogen-bond donors (Lipinski definition) is 2. The number of nitrogens with zero attached hydrogens (tertiary/aromatic N) is 2. The standard InChI is InChI=1S/C12H21ClN4O2S/c1-9(2)17(3)6-4-5-16-20(18,19)10-7-11(13)12(14)15-8-10/h7-9,16H,4-6H2,1-3H3,(H2,14,15). The average molecular weight is 321 g/mol. The Morgan fingerprint density at radius 2 is 2.15 bits per heavy atom. The number of rotatable bonds is 7. The molecule has 3 N–H and O–H groups in total. The van der Waals surface area contributed by atoms with Crippen LogP contribution in [-0.2, 0) is 10.0 Å². The molecule has 0 aliphatic heterocycles. The van der Waals surface area contributed by atoms with Gasteiger partial charge < -0.3 is 10.6 Å². The molecule has 0 aliphatic carbocycles. The van der Waals surface area contributed by atoms with E-state index in [1.54, 1.807) is 0 Å². The van der Waals surface area contributed by atoms with Crippen molar-refractivity contribution in [2.75, 3.05) is 25.9 Å². The molecule has 0 spiro atoms. The number of anilines is 1. The smallest absolute Gasteiger partial charge is 0.242 e. The van der Waals surface area contributed by atoms with Crippen LogP contribution in [0.4, 0.5) is 5.82 Å². The van der Waals surface area contributed by atoms with Gasteiger partial charge in [-0.25, -0.2) is 18.1 Å². The normalized spacial score (nSPS) is 12.3. The van der Waals surface area contributed by atoms with Gasteiger partial charge in [0.2, 0.25) is 10.0 Å². The quantitative estimate of drug-likeness (QED) is 0.740. The van der Waals surface area contributed by atoms with Crippen LogP contribution in [-0.4, -0.2) is 44.5 Å². The molecular formula is C12H21ClN4O2S. The van der Waals surface area contributed by atoms with Gasteiger partial charge in [0.15, 0.2) is 0 Å². The summed E-state index contributed by atoms with van der Waals surface area (Å²) in [6.45, 7) is 5.36. The van der Waals surface area contributed by atoms with Crippen molar-refractivity contribution in [2.24, 2.45) is 0 Å². The topological polar surface area (TPSA) is 88.3 Å². The van der Waals surface area contributed by atoms with Gasteiger partial charge in [0.25, 0.3) is 0 Å². The second-order valence-corrected chi connectivity index (χ2v) is 7.04. The Morgan fingerprint density at radius 3 is 2.70 bits per heavy atom. The summed E-state index contributed by atoms with van der Waals surface area (Å²) < 4.78 is 26.5. The highest BCUT2D eigenvalue weighted by Gasteiger charge is 2.15. The first-order valence-corrected chi connectivity index (χ1v) is 8.21. The summed E-state index contributed by atoms with van der Waals surface area (Å²) in [5.74, 6) is 0.115. The summed E-state index contributed by atoms with van der Waals surface area (Å²) >= 11 is 5.77. The molecule has 0 unspecified atom stereocenters. The van der Waals surface area contributed by atoms with Crippen molar-refractivity contribution in [1.82, 2.24) is 14.6 Å². The number of nitrogens with one attached hydrogen (secondary N) is 1. The Bertz CT molecular complexity index is 548. The van der Waals surface area contributed by atoms with E-state index in [1.165, 1.54) is 12.3 Å². The summed E-state index contributed by atoms with van der Waals surface area (Å²) in [4.78, 5) is 5.91. The molecule has 1 aromatic rings. The van der Waals surface area contributed by atoms with Crippen LogP contribution in [0.25, 0.3) is 0 Å². The van der Waals surface area contributed by atoms with Gasteiger partial charge in [-0.2, -0.15) is 0 Å². The molecule has 8 heteroatoms. The molecule has 0 atom stereocenters. The van der Waals surface area contributed by atoms with Crippen molar-refractivity contribution in [2.45, 2.75) is 31.2 Å². The molecule has 0 saturated heterocycles. The van der Waals surface area contributed by atoms with Gasteiger partial charge >= 0.3 is 0 Å². The molecule has 0 amide bonds. The van der Waals surface area contributed by atoms with Crippen molar-refractivity contribution in [3.8, 4) is 0 Å². The van der Waals surface area contributed by atoms with E-state index in [2.05, 4.69) is 28.5 Å². The fourth-order valence-electron chi connectivity index (χ4n) is 1.45. The molecule has 0 saturated carbocycles. The number of sulfonamides is 1. The molecule has 6 nitrogen and oxygen atoms in total. The van der Waals surface area contributed by atoms with E-state index in [1.807, 2.05) is 7.05 Å². The van der Waals surface area contributed by atoms with Gasteiger partial charge in [0, 0.05) is 18.8 Å². The zero-order chi connectivity index (χ0) is 15.3. The van der Waals surface area contributed by atoms with Gasteiger partial charge in [0.05, 0.1) is 5.02 Å². The summed E-state index contributed by atoms with van der Waals surface area (Å²) in [6, 6.07) is 1.73. The van der Waals surface area contributed by atoms with E-state index >= 15 is 0 Å². The summed E-state index contributed by atoms with van der Waals surface area (Å²) in [7, 11) is -1.59. The number of nitrogen functional groups attached to an aromatic ring is 1. The zero-order valence-electron chi connectivity index (χ0n) is 11.9. The minimum Gasteiger partial charge on any atom is -0.382 e. The van der Waals surface area contributed by atoms with Crippen LogP contribution < -0.4 is 10.5 Å². The van der Waals surface area contributed by atoms with E-state index in [4.69, 9.17) is 17.3 Å². The fourth-order valence-corrected chi connectivity index (χ4v) is 2.73. The Labute approximate surface area is 125 Å². The Morgan fingerprint density at radius 1 is 1.50 bits per heavy atom. The lowest BCUT2D eigenvalue weighted by Gasteiger charge is -2.20. The van der Waals surface area contributed by atoms with E-state index in [0.717, 1.165) is 13.0 Å². The van der Waals surface area contributed by atoms with Crippen LogP contribution in [0, 0.1) is 0 Å². The first kappa shape index (κ1) is 17.2. The first-order chi connectivity index (χ1) is 9.24. The lowest BCUT2D eigenvalue weighted by Crippen LogP contribution is -2.31. The van der Waals surface area contributed by atoms with Crippen LogP contribution >= 0.6 is 11.6 Å². The third kappa shape index (κ3) is 4.90. The lowest BCUT2D eigenvalue weighted by atomic mass is 10.3. The first-order valence-electron chi connectivity index (χ1n) is 6.35. The van der Waals surface area contributed by atoms with Gasteiger partial charge in [-0.15, -0.1) is 0 Å². The maximum Gasteiger partial charge on any atom is 0.242 e. The van der Waals surface area contributed by atoms with E-state index in [-0.39, 0.29) is 15.7 Å². The fraction of sp³-hybridized carbons (Fsp3) is 0.583. The predicted molar refractivity (Wildman–Crippen MR) is 81.2 cm³/mol. The van der Waals surface area contributed by atoms with E-state index in [9.17, 15) is 8.42 Å². The average Bonchev–Trinajstić information content (AvgIpc) is 2.37. The van der Waals surface area contributed by atoms with Gasteiger partial charge in [-0.1, -0.05) is 11.6 Å². The molecule has 0 bridgehead atoms. The van der Waals surface area contributed by atoms with Gasteiger partial charge in [0.1, 0.15) is 10.7 Å². The number of aromatic nitrogens is 1. The monoisotopic (exact) mass is 320 g/mol. The van der Waals surface area contributed by atoms with E-state index in [0.29, 0.717) is 12.6 Å². The molecule has 20 heavy (non-hydrogen) atoms. The largest absolute Gasteiger partial charge is 0.382 e. The molecule has 0 fully saturated rings. The highest BCUT2D eigenvalue weighted by molar-refractivity contribution is 7.89. The Balaban J connectivity index is 2.56. The van der Waals surface area contributed by atoms with Crippen LogP contribution in [0.15, 0.2) is 17.2 Å². The Hall–Kier alpha value is -0.890. The summed E-state index contributed by atoms with van der Waals surface area (Å²) in [5, 5.41) is 0.132. The number of pyridine rings is 1. The minimum atomic E-state index is -3.59. The number of hydrogen-bond acceptors (Lipinski definition) is 5. The molecule has 1 heterocycles. The highest BCUT2D eigenvalue weighted by atomic mass is 35.5. The molecule has 1 rings (SSSR count). The van der Waals surface area contributed by atoms with Crippen LogP contribution in [0.1, 0.15) is 20.3 Å². The number of halogens is 1. The van der Waals surface area contributed by atoms with Crippen LogP contribution in [0.5, 0.6) is 0 Å². The predicted octanol–water partition coefficient (Wildman–Crippen LogP) is 1.33. The highest BCUT2D eigenvalue weighted by Crippen LogP contribution is 2.19. The van der Waals surface area contributed by atoms with Crippen molar-refractivity contribution in [1.29, 1.82) is 0 Å². The van der Waals surface area contributed by atoms with Crippen molar-refractivity contribution in [3.05, 3.63) is 17.3 Å². The molecule has 0 radical (unpaired) electrons. The van der Waals surface area contributed by atoms with Crippen LogP contribution in [0.2, 0.25) is 5.02 Å². The van der Waals surface area contributed by atoms with Gasteiger partial charge in [-0.3, -0.25) is 0 Å². The molecule has 0 aliphatic rings. The second-order valence-electron chi connectivity index (χ2n) is 4.86. The molecule has 114 valence electrons. The Kier molecular flexibility index (Phi) is 6.19. The zero-order valence-corrected chi connectivity index (χ0v) is 13.5. The number of nitrogens with two attached hydrogens (primary N) is 1.